The largest absolute Gasteiger partial charge is 0.476 e. The zero-order valence-electron chi connectivity index (χ0n) is 6.40. The van der Waals surface area contributed by atoms with Crippen molar-refractivity contribution in [3.8, 4) is 0 Å². The Bertz CT molecular complexity index is 321. The van der Waals surface area contributed by atoms with Gasteiger partial charge in [0, 0.05) is 18.3 Å². The van der Waals surface area contributed by atoms with Crippen molar-refractivity contribution in [2.24, 2.45) is 0 Å². The van der Waals surface area contributed by atoms with Crippen LogP contribution in [0.15, 0.2) is 12.4 Å². The van der Waals surface area contributed by atoms with Crippen LogP contribution in [0.3, 0.4) is 0 Å². The molecule has 0 atom stereocenters. The Morgan fingerprint density at radius 1 is 1.42 bits per heavy atom. The minimum Gasteiger partial charge on any atom is -0.476 e. The topological polar surface area (TPSA) is 63.1 Å². The third kappa shape index (κ3) is 1.15. The quantitative estimate of drug-likeness (QED) is 0.709. The normalized spacial score (nSPS) is 16.0. The van der Waals surface area contributed by atoms with Gasteiger partial charge in [0.05, 0.1) is 5.69 Å². The van der Waals surface area contributed by atoms with E-state index in [1.165, 1.54) is 6.20 Å². The summed E-state index contributed by atoms with van der Waals surface area (Å²) >= 11 is 0. The predicted molar refractivity (Wildman–Crippen MR) is 41.0 cm³/mol. The average molecular weight is 164 g/mol. The van der Waals surface area contributed by atoms with Crippen molar-refractivity contribution in [3.63, 3.8) is 0 Å². The maximum absolute atomic E-state index is 10.7. The summed E-state index contributed by atoms with van der Waals surface area (Å²) in [5.41, 5.74) is 0.755. The molecule has 12 heavy (non-hydrogen) atoms. The number of rotatable bonds is 2. The van der Waals surface area contributed by atoms with Crippen LogP contribution in [0.2, 0.25) is 0 Å². The SMILES string of the molecule is O=C(O)c1nccnc1C1CC1. The van der Waals surface area contributed by atoms with Gasteiger partial charge in [-0.15, -0.1) is 0 Å². The number of hydrogen-bond acceptors (Lipinski definition) is 3. The van der Waals surface area contributed by atoms with Crippen molar-refractivity contribution in [1.82, 2.24) is 9.97 Å². The van der Waals surface area contributed by atoms with Gasteiger partial charge in [-0.25, -0.2) is 9.78 Å². The molecule has 1 aliphatic carbocycles. The van der Waals surface area contributed by atoms with Crippen LogP contribution in [0.1, 0.15) is 34.9 Å². The molecular formula is C8H8N2O2. The third-order valence-corrected chi connectivity index (χ3v) is 1.89. The molecule has 1 saturated carbocycles. The molecule has 1 aromatic rings. The molecule has 0 unspecified atom stereocenters. The first-order chi connectivity index (χ1) is 5.79. The molecule has 0 bridgehead atoms. The van der Waals surface area contributed by atoms with Gasteiger partial charge in [0.2, 0.25) is 0 Å². The van der Waals surface area contributed by atoms with Crippen LogP contribution in [-0.4, -0.2) is 21.0 Å². The van der Waals surface area contributed by atoms with Crippen molar-refractivity contribution in [3.05, 3.63) is 23.8 Å². The highest BCUT2D eigenvalue weighted by molar-refractivity contribution is 5.86. The first-order valence-electron chi connectivity index (χ1n) is 3.83. The Kier molecular flexibility index (Phi) is 1.53. The van der Waals surface area contributed by atoms with Crippen molar-refractivity contribution < 1.29 is 9.90 Å². The van der Waals surface area contributed by atoms with Gasteiger partial charge < -0.3 is 5.11 Å². The smallest absolute Gasteiger partial charge is 0.356 e. The summed E-state index contributed by atoms with van der Waals surface area (Å²) < 4.78 is 0. The second kappa shape index (κ2) is 2.55. The minimum atomic E-state index is -0.981. The van der Waals surface area contributed by atoms with Crippen LogP contribution in [0, 0.1) is 0 Å². The lowest BCUT2D eigenvalue weighted by Gasteiger charge is -1.99. The van der Waals surface area contributed by atoms with Gasteiger partial charge in [0.1, 0.15) is 0 Å². The van der Waals surface area contributed by atoms with Crippen LogP contribution >= 0.6 is 0 Å². The van der Waals surface area contributed by atoms with E-state index in [0.29, 0.717) is 11.6 Å². The predicted octanol–water partition coefficient (Wildman–Crippen LogP) is 1.05. The highest BCUT2D eigenvalue weighted by Crippen LogP contribution is 2.39. The fraction of sp³-hybridized carbons (Fsp3) is 0.375. The van der Waals surface area contributed by atoms with Gasteiger partial charge in [-0.2, -0.15) is 0 Å². The second-order valence-corrected chi connectivity index (χ2v) is 2.87. The number of aromatic nitrogens is 2. The Morgan fingerprint density at radius 3 is 2.67 bits per heavy atom. The summed E-state index contributed by atoms with van der Waals surface area (Å²) in [6.07, 6.45) is 5.04. The molecule has 0 saturated heterocycles. The maximum Gasteiger partial charge on any atom is 0.356 e. The number of carboxylic acid groups (broad SMARTS) is 1. The number of aromatic carboxylic acids is 1. The summed E-state index contributed by atoms with van der Waals surface area (Å²) in [7, 11) is 0. The molecule has 0 spiro atoms. The molecule has 1 N–H and O–H groups in total. The highest BCUT2D eigenvalue weighted by Gasteiger charge is 2.29. The van der Waals surface area contributed by atoms with E-state index < -0.39 is 5.97 Å². The second-order valence-electron chi connectivity index (χ2n) is 2.87. The molecule has 1 aromatic heterocycles. The summed E-state index contributed by atoms with van der Waals surface area (Å²) in [5, 5.41) is 8.74. The molecular weight excluding hydrogens is 156 g/mol. The fourth-order valence-electron chi connectivity index (χ4n) is 1.17. The zero-order chi connectivity index (χ0) is 8.55. The van der Waals surface area contributed by atoms with Crippen LogP contribution in [0.4, 0.5) is 0 Å². The molecule has 0 aliphatic heterocycles. The first-order valence-corrected chi connectivity index (χ1v) is 3.83. The number of carbonyl (C=O) groups is 1. The van der Waals surface area contributed by atoms with E-state index in [2.05, 4.69) is 9.97 Å². The molecule has 1 fully saturated rings. The molecule has 0 amide bonds. The Morgan fingerprint density at radius 2 is 2.08 bits per heavy atom. The minimum absolute atomic E-state index is 0.111. The summed E-state index contributed by atoms with van der Waals surface area (Å²) in [6, 6.07) is 0. The van der Waals surface area contributed by atoms with E-state index >= 15 is 0 Å². The molecule has 1 heterocycles. The molecule has 62 valence electrons. The van der Waals surface area contributed by atoms with Gasteiger partial charge in [0.25, 0.3) is 0 Å². The monoisotopic (exact) mass is 164 g/mol. The van der Waals surface area contributed by atoms with Crippen molar-refractivity contribution in [1.29, 1.82) is 0 Å². The van der Waals surface area contributed by atoms with Gasteiger partial charge in [0.15, 0.2) is 5.69 Å². The fourth-order valence-corrected chi connectivity index (χ4v) is 1.17. The van der Waals surface area contributed by atoms with Crippen molar-refractivity contribution in [2.75, 3.05) is 0 Å². The van der Waals surface area contributed by atoms with E-state index in [9.17, 15) is 4.79 Å². The Hall–Kier alpha value is -1.45. The van der Waals surface area contributed by atoms with Crippen LogP contribution in [0.5, 0.6) is 0 Å². The molecule has 4 heteroatoms. The van der Waals surface area contributed by atoms with Crippen molar-refractivity contribution in [2.45, 2.75) is 18.8 Å². The summed E-state index contributed by atoms with van der Waals surface area (Å²) in [6.45, 7) is 0. The van der Waals surface area contributed by atoms with Gasteiger partial charge in [-0.3, -0.25) is 4.98 Å². The highest BCUT2D eigenvalue weighted by atomic mass is 16.4. The molecule has 4 nitrogen and oxygen atoms in total. The lowest BCUT2D eigenvalue weighted by molar-refractivity contribution is 0.0688. The first kappa shape index (κ1) is 7.21. The summed E-state index contributed by atoms with van der Waals surface area (Å²) in [5.74, 6) is -0.644. The van der Waals surface area contributed by atoms with E-state index in [-0.39, 0.29) is 5.69 Å². The van der Waals surface area contributed by atoms with Crippen LogP contribution in [0.25, 0.3) is 0 Å². The lowest BCUT2D eigenvalue weighted by Crippen LogP contribution is -2.06. The summed E-state index contributed by atoms with van der Waals surface area (Å²) in [4.78, 5) is 18.4. The van der Waals surface area contributed by atoms with Gasteiger partial charge in [-0.05, 0) is 12.8 Å². The standard InChI is InChI=1S/C8H8N2O2/c11-8(12)7-6(5-1-2-5)9-3-4-10-7/h3-5H,1-2H2,(H,11,12). The lowest BCUT2D eigenvalue weighted by atomic mass is 10.2. The number of nitrogens with zero attached hydrogens (tertiary/aromatic N) is 2. The van der Waals surface area contributed by atoms with E-state index in [0.717, 1.165) is 12.8 Å². The van der Waals surface area contributed by atoms with E-state index in [1.54, 1.807) is 6.20 Å². The number of carboxylic acids is 1. The maximum atomic E-state index is 10.7. The van der Waals surface area contributed by atoms with Crippen molar-refractivity contribution >= 4 is 5.97 Å². The van der Waals surface area contributed by atoms with Gasteiger partial charge in [-0.1, -0.05) is 0 Å². The molecule has 2 rings (SSSR count). The van der Waals surface area contributed by atoms with Gasteiger partial charge >= 0.3 is 5.97 Å². The third-order valence-electron chi connectivity index (χ3n) is 1.89. The van der Waals surface area contributed by atoms with Crippen LogP contribution < -0.4 is 0 Å². The Balaban J connectivity index is 2.43. The number of hydrogen-bond donors (Lipinski definition) is 1. The molecule has 0 radical (unpaired) electrons. The van der Waals surface area contributed by atoms with E-state index in [1.807, 2.05) is 0 Å². The molecule has 1 aliphatic rings. The van der Waals surface area contributed by atoms with Crippen LogP contribution in [-0.2, 0) is 0 Å². The Labute approximate surface area is 69.3 Å². The zero-order valence-corrected chi connectivity index (χ0v) is 6.40. The average Bonchev–Trinajstić information content (AvgIpc) is 2.87. The molecule has 0 aromatic carbocycles. The van der Waals surface area contributed by atoms with E-state index in [4.69, 9.17) is 5.11 Å².